The molecule has 0 saturated carbocycles. The van der Waals surface area contributed by atoms with Crippen LogP contribution in [-0.2, 0) is 11.3 Å². The number of aromatic nitrogens is 2. The highest BCUT2D eigenvalue weighted by Gasteiger charge is 2.36. The summed E-state index contributed by atoms with van der Waals surface area (Å²) in [5.74, 6) is 0.973. The van der Waals surface area contributed by atoms with Crippen LogP contribution in [0.25, 0.3) is 11.4 Å². The molecule has 0 aliphatic carbocycles. The zero-order valence-corrected chi connectivity index (χ0v) is 17.8. The molecule has 1 aromatic heterocycles. The first-order chi connectivity index (χ1) is 13.9. The summed E-state index contributed by atoms with van der Waals surface area (Å²) in [7, 11) is 0. The van der Waals surface area contributed by atoms with Crippen LogP contribution in [0.5, 0.6) is 0 Å². The van der Waals surface area contributed by atoms with E-state index in [2.05, 4.69) is 64.2 Å². The molecule has 0 N–H and O–H groups in total. The summed E-state index contributed by atoms with van der Waals surface area (Å²) in [5, 5.41) is 4.03. The van der Waals surface area contributed by atoms with Gasteiger partial charge in [-0.05, 0) is 57.6 Å². The maximum atomic E-state index is 13.5. The lowest BCUT2D eigenvalue weighted by Crippen LogP contribution is -2.27. The minimum absolute atomic E-state index is 0.0761. The van der Waals surface area contributed by atoms with Gasteiger partial charge >= 0.3 is 0 Å². The van der Waals surface area contributed by atoms with Gasteiger partial charge in [0.05, 0.1) is 4.47 Å². The van der Waals surface area contributed by atoms with E-state index in [0.717, 1.165) is 5.56 Å². The second-order valence-corrected chi connectivity index (χ2v) is 8.41. The van der Waals surface area contributed by atoms with Crippen LogP contribution in [0.4, 0.5) is 4.39 Å². The summed E-state index contributed by atoms with van der Waals surface area (Å²) in [5.41, 5.74) is 2.98. The molecule has 1 aliphatic heterocycles. The number of halogens is 2. The molecule has 7 heteroatoms. The fraction of sp³-hybridized carbons (Fsp3) is 0.318. The Kier molecular flexibility index (Phi) is 5.50. The van der Waals surface area contributed by atoms with Crippen LogP contribution in [0.1, 0.15) is 55.7 Å². The Morgan fingerprint density at radius 2 is 2.00 bits per heavy atom. The van der Waals surface area contributed by atoms with Crippen molar-refractivity contribution in [1.29, 1.82) is 0 Å². The number of hydrogen-bond acceptors (Lipinski definition) is 4. The lowest BCUT2D eigenvalue weighted by atomic mass is 10.0. The second kappa shape index (κ2) is 8.06. The summed E-state index contributed by atoms with van der Waals surface area (Å²) >= 11 is 3.17. The van der Waals surface area contributed by atoms with Crippen LogP contribution in [0.15, 0.2) is 51.5 Å². The second-order valence-electron chi connectivity index (χ2n) is 7.56. The first-order valence-electron chi connectivity index (χ1n) is 9.59. The number of amides is 1. The smallest absolute Gasteiger partial charge is 0.249 e. The molecule has 2 heterocycles. The maximum Gasteiger partial charge on any atom is 0.249 e. The highest BCUT2D eigenvalue weighted by molar-refractivity contribution is 9.10. The molecular formula is C22H21BrFN3O2. The minimum atomic E-state index is -0.353. The average molecular weight is 458 g/mol. The van der Waals surface area contributed by atoms with Crippen LogP contribution < -0.4 is 0 Å². The molecule has 1 amide bonds. The van der Waals surface area contributed by atoms with Crippen LogP contribution in [0, 0.1) is 5.82 Å². The zero-order valence-electron chi connectivity index (χ0n) is 16.2. The number of rotatable bonds is 5. The van der Waals surface area contributed by atoms with Crippen molar-refractivity contribution in [1.82, 2.24) is 15.0 Å². The van der Waals surface area contributed by atoms with Crippen molar-refractivity contribution in [2.75, 3.05) is 0 Å². The van der Waals surface area contributed by atoms with Gasteiger partial charge in [-0.1, -0.05) is 43.3 Å². The van der Waals surface area contributed by atoms with Gasteiger partial charge in [-0.25, -0.2) is 4.39 Å². The Morgan fingerprint density at radius 1 is 1.24 bits per heavy atom. The molecule has 1 saturated heterocycles. The first-order valence-corrected chi connectivity index (χ1v) is 10.4. The van der Waals surface area contributed by atoms with Crippen LogP contribution >= 0.6 is 15.9 Å². The fourth-order valence-corrected chi connectivity index (χ4v) is 3.90. The van der Waals surface area contributed by atoms with Crippen molar-refractivity contribution < 1.29 is 13.7 Å². The topological polar surface area (TPSA) is 59.2 Å². The number of carbonyl (C=O) groups excluding carboxylic acids is 1. The molecule has 0 bridgehead atoms. The Hall–Kier alpha value is -2.54. The molecule has 5 nitrogen and oxygen atoms in total. The summed E-state index contributed by atoms with van der Waals surface area (Å²) in [4.78, 5) is 18.8. The van der Waals surface area contributed by atoms with Crippen molar-refractivity contribution in [3.8, 4) is 11.4 Å². The lowest BCUT2D eigenvalue weighted by molar-refractivity contribution is -0.129. The molecule has 150 valence electrons. The number of hydrogen-bond donors (Lipinski definition) is 0. The van der Waals surface area contributed by atoms with Gasteiger partial charge in [0, 0.05) is 18.5 Å². The number of nitrogens with zero attached hydrogens (tertiary/aromatic N) is 3. The van der Waals surface area contributed by atoms with Crippen LogP contribution in [-0.4, -0.2) is 20.9 Å². The Morgan fingerprint density at radius 3 is 2.69 bits per heavy atom. The minimum Gasteiger partial charge on any atom is -0.337 e. The van der Waals surface area contributed by atoms with Crippen molar-refractivity contribution in [2.24, 2.45) is 0 Å². The van der Waals surface area contributed by atoms with Gasteiger partial charge in [-0.2, -0.15) is 4.98 Å². The maximum absolute atomic E-state index is 13.5. The van der Waals surface area contributed by atoms with Crippen molar-refractivity contribution >= 4 is 21.8 Å². The van der Waals surface area contributed by atoms with E-state index < -0.39 is 0 Å². The molecule has 1 fully saturated rings. The number of likely N-dealkylation sites (tertiary alicyclic amines) is 1. The Labute approximate surface area is 177 Å². The van der Waals surface area contributed by atoms with E-state index in [-0.39, 0.29) is 17.8 Å². The Bertz CT molecular complexity index is 1030. The molecular weight excluding hydrogens is 437 g/mol. The summed E-state index contributed by atoms with van der Waals surface area (Å²) in [6.07, 6.45) is 1.09. The Balaban J connectivity index is 1.55. The summed E-state index contributed by atoms with van der Waals surface area (Å²) < 4.78 is 19.3. The molecule has 0 spiro atoms. The van der Waals surface area contributed by atoms with E-state index in [1.165, 1.54) is 11.6 Å². The highest BCUT2D eigenvalue weighted by Crippen LogP contribution is 2.34. The van der Waals surface area contributed by atoms with Gasteiger partial charge in [0.1, 0.15) is 11.9 Å². The summed E-state index contributed by atoms with van der Waals surface area (Å²) in [6, 6.07) is 12.6. The van der Waals surface area contributed by atoms with E-state index >= 15 is 0 Å². The first kappa shape index (κ1) is 19.8. The fourth-order valence-electron chi connectivity index (χ4n) is 3.52. The molecule has 1 aliphatic rings. The van der Waals surface area contributed by atoms with Crippen LogP contribution in [0.3, 0.4) is 0 Å². The third-order valence-electron chi connectivity index (χ3n) is 5.23. The van der Waals surface area contributed by atoms with Gasteiger partial charge in [-0.15, -0.1) is 0 Å². The summed E-state index contributed by atoms with van der Waals surface area (Å²) in [6.45, 7) is 4.81. The molecule has 1 unspecified atom stereocenters. The van der Waals surface area contributed by atoms with Gasteiger partial charge in [0.25, 0.3) is 0 Å². The number of carbonyl (C=O) groups is 1. The number of benzene rings is 2. The average Bonchev–Trinajstić information content (AvgIpc) is 3.32. The molecule has 4 rings (SSSR count). The van der Waals surface area contributed by atoms with Gasteiger partial charge in [-0.3, -0.25) is 4.79 Å². The quantitative estimate of drug-likeness (QED) is 0.498. The predicted molar refractivity (Wildman–Crippen MR) is 110 cm³/mol. The standard InChI is InChI=1S/C22H21BrFN3O2/c1-13(2)15-5-3-14(4-6-15)12-27-19(9-10-20(27)28)22-25-21(26-29-22)16-7-8-18(24)17(23)11-16/h3-8,11,13,19H,9-10,12H2,1-2H3. The predicted octanol–water partition coefficient (Wildman–Crippen LogP) is 5.63. The van der Waals surface area contributed by atoms with Crippen LogP contribution in [0.2, 0.25) is 0 Å². The molecule has 1 atom stereocenters. The third kappa shape index (κ3) is 4.10. The normalized spacial score (nSPS) is 16.8. The van der Waals surface area contributed by atoms with E-state index in [1.807, 2.05) is 0 Å². The SMILES string of the molecule is CC(C)c1ccc(CN2C(=O)CCC2c2nc(-c3ccc(F)c(Br)c3)no2)cc1. The van der Waals surface area contributed by atoms with Gasteiger partial charge in [0.2, 0.25) is 17.6 Å². The zero-order chi connectivity index (χ0) is 20.5. The van der Waals surface area contributed by atoms with E-state index in [4.69, 9.17) is 4.52 Å². The third-order valence-corrected chi connectivity index (χ3v) is 5.84. The van der Waals surface area contributed by atoms with Gasteiger partial charge < -0.3 is 9.42 Å². The molecule has 29 heavy (non-hydrogen) atoms. The van der Waals surface area contributed by atoms with E-state index in [1.54, 1.807) is 17.0 Å². The molecule has 2 aromatic carbocycles. The molecule has 0 radical (unpaired) electrons. The largest absolute Gasteiger partial charge is 0.337 e. The van der Waals surface area contributed by atoms with E-state index in [0.29, 0.717) is 47.1 Å². The van der Waals surface area contributed by atoms with Crippen molar-refractivity contribution in [3.05, 3.63) is 69.8 Å². The van der Waals surface area contributed by atoms with E-state index in [9.17, 15) is 9.18 Å². The van der Waals surface area contributed by atoms with Gasteiger partial charge in [0.15, 0.2) is 0 Å². The molecule has 3 aromatic rings. The lowest BCUT2D eigenvalue weighted by Gasteiger charge is -2.22. The monoisotopic (exact) mass is 457 g/mol. The van der Waals surface area contributed by atoms with Crippen molar-refractivity contribution in [3.63, 3.8) is 0 Å². The van der Waals surface area contributed by atoms with Crippen molar-refractivity contribution in [2.45, 2.75) is 45.2 Å². The highest BCUT2D eigenvalue weighted by atomic mass is 79.9.